The van der Waals surface area contributed by atoms with Gasteiger partial charge in [0.1, 0.15) is 12.4 Å². The molecular formula is C36H53N3O4. The molecule has 236 valence electrons. The van der Waals surface area contributed by atoms with Gasteiger partial charge in [0.25, 0.3) is 5.91 Å². The third kappa shape index (κ3) is 10.9. The maximum atomic E-state index is 13.2. The highest BCUT2D eigenvalue weighted by Gasteiger charge is 2.36. The molecule has 2 aromatic rings. The Morgan fingerprint density at radius 3 is 2.33 bits per heavy atom. The second-order valence-corrected chi connectivity index (χ2v) is 12.4. The molecule has 1 amide bonds. The van der Waals surface area contributed by atoms with Crippen molar-refractivity contribution in [1.29, 1.82) is 0 Å². The van der Waals surface area contributed by atoms with E-state index in [2.05, 4.69) is 68.5 Å². The van der Waals surface area contributed by atoms with Crippen LogP contribution in [0.1, 0.15) is 80.9 Å². The molecule has 2 aliphatic heterocycles. The second kappa shape index (κ2) is 17.3. The maximum absolute atomic E-state index is 13.2. The van der Waals surface area contributed by atoms with Crippen molar-refractivity contribution >= 4 is 11.7 Å². The number of carbonyl (C=O) groups is 2. The zero-order valence-electron chi connectivity index (χ0n) is 27.4. The molecule has 43 heavy (non-hydrogen) atoms. The summed E-state index contributed by atoms with van der Waals surface area (Å²) in [4.78, 5) is 32.0. The van der Waals surface area contributed by atoms with Crippen LogP contribution in [0, 0.1) is 5.92 Å². The lowest BCUT2D eigenvalue weighted by molar-refractivity contribution is -0.121. The first kappa shape index (κ1) is 34.5. The zero-order chi connectivity index (χ0) is 31.4. The normalized spacial score (nSPS) is 15.7. The average Bonchev–Trinajstić information content (AvgIpc) is 3.32. The number of hydrogen-bond acceptors (Lipinski definition) is 6. The lowest BCUT2D eigenvalue weighted by Gasteiger charge is -2.28. The summed E-state index contributed by atoms with van der Waals surface area (Å²) in [5, 5.41) is 0. The molecule has 0 aliphatic carbocycles. The minimum atomic E-state index is -0.445. The molecule has 1 saturated heterocycles. The third-order valence-electron chi connectivity index (χ3n) is 8.23. The number of Topliss-reactive ketones (excluding diaryl/α,β-unsaturated/α-hetero) is 1. The lowest BCUT2D eigenvalue weighted by Crippen LogP contribution is -2.40. The van der Waals surface area contributed by atoms with E-state index in [4.69, 9.17) is 9.47 Å². The quantitative estimate of drug-likeness (QED) is 0.239. The molecule has 2 aliphatic rings. The molecule has 7 heteroatoms. The van der Waals surface area contributed by atoms with Crippen molar-refractivity contribution < 1.29 is 19.1 Å². The first-order chi connectivity index (χ1) is 20.6. The van der Waals surface area contributed by atoms with Gasteiger partial charge in [-0.3, -0.25) is 14.5 Å². The van der Waals surface area contributed by atoms with Gasteiger partial charge >= 0.3 is 0 Å². The van der Waals surface area contributed by atoms with Crippen molar-refractivity contribution in [3.8, 4) is 5.75 Å². The van der Waals surface area contributed by atoms with Crippen LogP contribution >= 0.6 is 0 Å². The number of nitrogens with zero attached hydrogens (tertiary/aromatic N) is 3. The summed E-state index contributed by atoms with van der Waals surface area (Å²) in [7, 11) is 2.16. The van der Waals surface area contributed by atoms with Gasteiger partial charge in [0.05, 0.1) is 25.8 Å². The summed E-state index contributed by atoms with van der Waals surface area (Å²) in [6.45, 7) is 21.6. The summed E-state index contributed by atoms with van der Waals surface area (Å²) in [5.41, 5.74) is 4.84. The fourth-order valence-corrected chi connectivity index (χ4v) is 5.10. The van der Waals surface area contributed by atoms with Crippen molar-refractivity contribution in [1.82, 2.24) is 14.7 Å². The number of hydrogen-bond donors (Lipinski definition) is 0. The summed E-state index contributed by atoms with van der Waals surface area (Å²) >= 11 is 0. The van der Waals surface area contributed by atoms with E-state index in [-0.39, 0.29) is 11.7 Å². The van der Waals surface area contributed by atoms with Gasteiger partial charge in [-0.1, -0.05) is 63.1 Å². The molecule has 2 heterocycles. The van der Waals surface area contributed by atoms with Crippen LogP contribution in [0.3, 0.4) is 0 Å². The number of ether oxygens (including phenoxy) is 2. The molecule has 0 N–H and O–H groups in total. The number of carbonyl (C=O) groups excluding carboxylic acids is 2. The van der Waals surface area contributed by atoms with Crippen LogP contribution in [-0.4, -0.2) is 78.9 Å². The highest BCUT2D eigenvalue weighted by atomic mass is 16.5. The van der Waals surface area contributed by atoms with Crippen molar-refractivity contribution in [2.24, 2.45) is 5.92 Å². The summed E-state index contributed by atoms with van der Waals surface area (Å²) < 4.78 is 11.6. The second-order valence-electron chi connectivity index (χ2n) is 12.4. The molecule has 1 atom stereocenters. The van der Waals surface area contributed by atoms with Gasteiger partial charge in [-0.05, 0) is 62.9 Å². The molecule has 4 rings (SSSR count). The molecule has 0 aromatic heterocycles. The Kier molecular flexibility index (Phi) is 13.9. The molecule has 2 aromatic carbocycles. The van der Waals surface area contributed by atoms with Gasteiger partial charge in [-0.25, -0.2) is 0 Å². The fraction of sp³-hybridized carbons (Fsp3) is 0.556. The number of rotatable bonds is 14. The highest BCUT2D eigenvalue weighted by Crippen LogP contribution is 2.33. The van der Waals surface area contributed by atoms with Gasteiger partial charge in [0, 0.05) is 43.9 Å². The SMILES string of the molecule is C=C(C)CCC(C(C)=O)N1Cc2c(OCc3ccc(CN(C)CCN4CCOCC4)cc3)cccc2C1=O.CCC(C)C. The van der Waals surface area contributed by atoms with E-state index >= 15 is 0 Å². The van der Waals surface area contributed by atoms with E-state index in [1.54, 1.807) is 11.8 Å². The summed E-state index contributed by atoms with van der Waals surface area (Å²) in [6.07, 6.45) is 2.61. The molecule has 0 radical (unpaired) electrons. The maximum Gasteiger partial charge on any atom is 0.255 e. The lowest BCUT2D eigenvalue weighted by atomic mass is 10.0. The van der Waals surface area contributed by atoms with Gasteiger partial charge in [-0.15, -0.1) is 6.58 Å². The van der Waals surface area contributed by atoms with E-state index in [0.29, 0.717) is 37.3 Å². The predicted octanol–water partition coefficient (Wildman–Crippen LogP) is 6.35. The number of fused-ring (bicyclic) bond motifs is 1. The van der Waals surface area contributed by atoms with E-state index in [1.165, 1.54) is 12.0 Å². The Labute approximate surface area is 259 Å². The fourth-order valence-electron chi connectivity index (χ4n) is 5.10. The Hall–Kier alpha value is -3.00. The van der Waals surface area contributed by atoms with Crippen molar-refractivity contribution in [2.45, 2.75) is 79.6 Å². The van der Waals surface area contributed by atoms with Crippen molar-refractivity contribution in [2.75, 3.05) is 46.4 Å². The van der Waals surface area contributed by atoms with Crippen LogP contribution in [-0.2, 0) is 29.2 Å². The van der Waals surface area contributed by atoms with Gasteiger partial charge in [0.15, 0.2) is 5.78 Å². The smallest absolute Gasteiger partial charge is 0.255 e. The Morgan fingerprint density at radius 1 is 1.07 bits per heavy atom. The molecule has 7 nitrogen and oxygen atoms in total. The van der Waals surface area contributed by atoms with Crippen LogP contribution in [0.15, 0.2) is 54.6 Å². The summed E-state index contributed by atoms with van der Waals surface area (Å²) in [6, 6.07) is 13.7. The minimum absolute atomic E-state index is 0.00158. The number of benzene rings is 2. The number of ketones is 1. The molecule has 1 fully saturated rings. The van der Waals surface area contributed by atoms with Gasteiger partial charge in [-0.2, -0.15) is 0 Å². The number of allylic oxidation sites excluding steroid dienone is 1. The average molecular weight is 592 g/mol. The van der Waals surface area contributed by atoms with E-state index in [9.17, 15) is 9.59 Å². The highest BCUT2D eigenvalue weighted by molar-refractivity contribution is 6.01. The van der Waals surface area contributed by atoms with Crippen LogP contribution in [0.2, 0.25) is 0 Å². The van der Waals surface area contributed by atoms with E-state index < -0.39 is 6.04 Å². The standard InChI is InChI=1S/C31H41N3O4.C5H12/c1-23(2)8-13-29(24(3)35)34-21-28-27(31(34)36)6-5-7-30(28)38-22-26-11-9-25(10-12-26)20-32(4)14-15-33-16-18-37-19-17-33;1-4-5(2)3/h5-7,9-12,29H,1,8,13-22H2,2-4H3;5H,4H2,1-3H3. The summed E-state index contributed by atoms with van der Waals surface area (Å²) in [5.74, 6) is 1.48. The largest absolute Gasteiger partial charge is 0.489 e. The minimum Gasteiger partial charge on any atom is -0.489 e. The number of likely N-dealkylation sites (N-methyl/N-ethyl adjacent to an activating group) is 1. The van der Waals surface area contributed by atoms with Crippen molar-refractivity contribution in [3.63, 3.8) is 0 Å². The number of morpholine rings is 1. The molecular weight excluding hydrogens is 538 g/mol. The zero-order valence-corrected chi connectivity index (χ0v) is 27.4. The third-order valence-corrected chi connectivity index (χ3v) is 8.23. The predicted molar refractivity (Wildman–Crippen MR) is 174 cm³/mol. The van der Waals surface area contributed by atoms with Crippen LogP contribution < -0.4 is 4.74 Å². The van der Waals surface area contributed by atoms with E-state index in [0.717, 1.165) is 68.6 Å². The topological polar surface area (TPSA) is 62.3 Å². The number of amides is 1. The molecule has 0 bridgehead atoms. The van der Waals surface area contributed by atoms with Crippen molar-refractivity contribution in [3.05, 3.63) is 76.9 Å². The van der Waals surface area contributed by atoms with Gasteiger partial charge in [0.2, 0.25) is 0 Å². The monoisotopic (exact) mass is 591 g/mol. The van der Waals surface area contributed by atoms with Gasteiger partial charge < -0.3 is 19.3 Å². The Bertz CT molecular complexity index is 1190. The van der Waals surface area contributed by atoms with Crippen LogP contribution in [0.25, 0.3) is 0 Å². The molecule has 1 unspecified atom stereocenters. The Balaban J connectivity index is 0.000000934. The first-order valence-electron chi connectivity index (χ1n) is 15.9. The van der Waals surface area contributed by atoms with E-state index in [1.807, 2.05) is 25.1 Å². The molecule has 0 saturated carbocycles. The van der Waals surface area contributed by atoms with Crippen LogP contribution in [0.4, 0.5) is 0 Å². The van der Waals surface area contributed by atoms with Crippen LogP contribution in [0.5, 0.6) is 5.75 Å². The first-order valence-corrected chi connectivity index (χ1v) is 15.9. The Morgan fingerprint density at radius 2 is 1.72 bits per heavy atom. The molecule has 0 spiro atoms.